The van der Waals surface area contributed by atoms with E-state index in [9.17, 15) is 0 Å². The van der Waals surface area contributed by atoms with Crippen molar-refractivity contribution in [2.75, 3.05) is 0 Å². The number of rotatable bonds is 8. The van der Waals surface area contributed by atoms with Crippen LogP contribution in [0.25, 0.3) is 5.57 Å². The van der Waals surface area contributed by atoms with Crippen LogP contribution in [0.5, 0.6) is 0 Å². The van der Waals surface area contributed by atoms with E-state index < -0.39 is 0 Å². The molecule has 0 aromatic heterocycles. The smallest absolute Gasteiger partial charge is 0.00583 e. The molecule has 2 unspecified atom stereocenters. The van der Waals surface area contributed by atoms with Gasteiger partial charge in [-0.05, 0) is 62.3 Å². The molecule has 0 aliphatic rings. The van der Waals surface area contributed by atoms with E-state index in [1.807, 2.05) is 13.8 Å². The van der Waals surface area contributed by atoms with Crippen molar-refractivity contribution in [1.82, 2.24) is 0 Å². The van der Waals surface area contributed by atoms with Crippen molar-refractivity contribution in [3.63, 3.8) is 0 Å². The van der Waals surface area contributed by atoms with Gasteiger partial charge in [-0.25, -0.2) is 0 Å². The molecule has 0 aliphatic heterocycles. The molecule has 0 saturated heterocycles. The van der Waals surface area contributed by atoms with Crippen LogP contribution in [-0.4, -0.2) is 11.9 Å². The lowest BCUT2D eigenvalue weighted by Gasteiger charge is -2.23. The van der Waals surface area contributed by atoms with Gasteiger partial charge in [0, 0.05) is 5.71 Å². The molecule has 0 spiro atoms. The van der Waals surface area contributed by atoms with Crippen molar-refractivity contribution in [3.8, 4) is 0 Å². The predicted molar refractivity (Wildman–Crippen MR) is 89.1 cm³/mol. The fraction of sp³-hybridized carbons (Fsp3) is 0.444. The highest BCUT2D eigenvalue weighted by Gasteiger charge is 2.18. The zero-order valence-electron chi connectivity index (χ0n) is 12.9. The Balaban J connectivity index is 2.81. The van der Waals surface area contributed by atoms with E-state index in [4.69, 9.17) is 10.8 Å². The summed E-state index contributed by atoms with van der Waals surface area (Å²) in [6.45, 7) is 10.1. The predicted octanol–water partition coefficient (Wildman–Crippen LogP) is 5.30. The van der Waals surface area contributed by atoms with Crippen LogP contribution in [0.1, 0.15) is 57.1 Å². The monoisotopic (exact) mass is 270 g/mol. The Hall–Kier alpha value is -1.70. The van der Waals surface area contributed by atoms with Gasteiger partial charge in [-0.1, -0.05) is 43.3 Å². The minimum atomic E-state index is 0.412. The molecule has 1 aromatic carbocycles. The normalized spacial score (nSPS) is 13.6. The van der Waals surface area contributed by atoms with Crippen LogP contribution in [0.3, 0.4) is 0 Å². The maximum Gasteiger partial charge on any atom is 0.00583 e. The first-order chi connectivity index (χ1) is 9.45. The molecule has 1 aromatic rings. The molecule has 2 N–H and O–H groups in total. The maximum atomic E-state index is 7.57. The number of allylic oxidation sites excluding steroid dienone is 1. The van der Waals surface area contributed by atoms with E-state index in [0.29, 0.717) is 11.8 Å². The Morgan fingerprint density at radius 1 is 1.25 bits per heavy atom. The molecule has 2 heteroatoms. The summed E-state index contributed by atoms with van der Waals surface area (Å²) in [7, 11) is 0. The summed E-state index contributed by atoms with van der Waals surface area (Å²) in [5.41, 5.74) is 4.30. The SMILES string of the molecule is C=C(C)c1ccc(C(C)C(CC=N)CCC(C)=N)cc1. The first-order valence-electron chi connectivity index (χ1n) is 7.24. The van der Waals surface area contributed by atoms with Crippen molar-refractivity contribution in [2.45, 2.75) is 46.0 Å². The molecule has 0 aliphatic carbocycles. The van der Waals surface area contributed by atoms with E-state index in [1.54, 1.807) is 0 Å². The van der Waals surface area contributed by atoms with Gasteiger partial charge in [0.1, 0.15) is 0 Å². The Morgan fingerprint density at radius 2 is 1.85 bits per heavy atom. The fourth-order valence-electron chi connectivity index (χ4n) is 2.47. The number of benzene rings is 1. The van der Waals surface area contributed by atoms with Gasteiger partial charge >= 0.3 is 0 Å². The summed E-state index contributed by atoms with van der Waals surface area (Å²) < 4.78 is 0. The molecule has 0 amide bonds. The van der Waals surface area contributed by atoms with Crippen molar-refractivity contribution >= 4 is 17.5 Å². The zero-order valence-corrected chi connectivity index (χ0v) is 12.9. The molecule has 108 valence electrons. The second kappa shape index (κ2) is 7.78. The van der Waals surface area contributed by atoms with E-state index in [1.165, 1.54) is 17.3 Å². The van der Waals surface area contributed by atoms with Gasteiger partial charge in [0.15, 0.2) is 0 Å². The highest BCUT2D eigenvalue weighted by molar-refractivity contribution is 5.78. The molecular formula is C18H26N2. The van der Waals surface area contributed by atoms with Crippen molar-refractivity contribution in [2.24, 2.45) is 5.92 Å². The van der Waals surface area contributed by atoms with Crippen LogP contribution in [0.4, 0.5) is 0 Å². The van der Waals surface area contributed by atoms with Gasteiger partial charge < -0.3 is 10.8 Å². The second-order valence-electron chi connectivity index (χ2n) is 5.71. The molecule has 0 radical (unpaired) electrons. The average Bonchev–Trinajstić information content (AvgIpc) is 2.42. The third-order valence-electron chi connectivity index (χ3n) is 3.95. The lowest BCUT2D eigenvalue weighted by molar-refractivity contribution is 0.438. The molecule has 0 saturated carbocycles. The van der Waals surface area contributed by atoms with E-state index >= 15 is 0 Å². The van der Waals surface area contributed by atoms with Crippen LogP contribution in [0, 0.1) is 16.7 Å². The zero-order chi connectivity index (χ0) is 15.1. The van der Waals surface area contributed by atoms with Crippen molar-refractivity contribution in [3.05, 3.63) is 42.0 Å². The van der Waals surface area contributed by atoms with Crippen LogP contribution in [0.2, 0.25) is 0 Å². The molecule has 1 rings (SSSR count). The lowest BCUT2D eigenvalue weighted by atomic mass is 9.82. The van der Waals surface area contributed by atoms with Gasteiger partial charge in [-0.3, -0.25) is 0 Å². The minimum Gasteiger partial charge on any atom is -0.313 e. The largest absolute Gasteiger partial charge is 0.313 e. The summed E-state index contributed by atoms with van der Waals surface area (Å²) in [5, 5.41) is 14.9. The maximum absolute atomic E-state index is 7.57. The van der Waals surface area contributed by atoms with Gasteiger partial charge in [0.05, 0.1) is 0 Å². The Bertz CT molecular complexity index is 471. The van der Waals surface area contributed by atoms with E-state index in [-0.39, 0.29) is 0 Å². The first kappa shape index (κ1) is 16.4. The molecule has 0 fully saturated rings. The summed E-state index contributed by atoms with van der Waals surface area (Å²) in [4.78, 5) is 0. The Kier molecular flexibility index (Phi) is 6.37. The van der Waals surface area contributed by atoms with E-state index in [2.05, 4.69) is 37.8 Å². The number of nitrogens with one attached hydrogen (secondary N) is 2. The number of hydrogen-bond donors (Lipinski definition) is 2. The second-order valence-corrected chi connectivity index (χ2v) is 5.71. The van der Waals surface area contributed by atoms with E-state index in [0.717, 1.165) is 30.5 Å². The van der Waals surface area contributed by atoms with Crippen molar-refractivity contribution in [1.29, 1.82) is 10.8 Å². The quantitative estimate of drug-likeness (QED) is 0.602. The number of hydrogen-bond acceptors (Lipinski definition) is 2. The fourth-order valence-corrected chi connectivity index (χ4v) is 2.47. The minimum absolute atomic E-state index is 0.412. The topological polar surface area (TPSA) is 47.7 Å². The highest BCUT2D eigenvalue weighted by Crippen LogP contribution is 2.30. The van der Waals surface area contributed by atoms with Gasteiger partial charge in [-0.15, -0.1) is 0 Å². The van der Waals surface area contributed by atoms with Gasteiger partial charge in [0.25, 0.3) is 0 Å². The molecular weight excluding hydrogens is 244 g/mol. The third kappa shape index (κ3) is 4.76. The average molecular weight is 270 g/mol. The molecule has 2 nitrogen and oxygen atoms in total. The Labute approximate surface area is 122 Å². The lowest BCUT2D eigenvalue weighted by Crippen LogP contribution is -2.12. The van der Waals surface area contributed by atoms with Gasteiger partial charge in [-0.2, -0.15) is 0 Å². The summed E-state index contributed by atoms with van der Waals surface area (Å²) >= 11 is 0. The standard InChI is InChI=1S/C18H26N2/c1-13(2)16-7-9-17(10-8-16)15(4)18(11-12-19)6-5-14(3)20/h7-10,12,15,18-20H,1,5-6,11H2,2-4H3. The summed E-state index contributed by atoms with van der Waals surface area (Å²) in [6, 6.07) is 8.58. The van der Waals surface area contributed by atoms with Crippen molar-refractivity contribution < 1.29 is 0 Å². The van der Waals surface area contributed by atoms with Crippen LogP contribution in [-0.2, 0) is 0 Å². The van der Waals surface area contributed by atoms with Crippen LogP contribution >= 0.6 is 0 Å². The summed E-state index contributed by atoms with van der Waals surface area (Å²) in [5.74, 6) is 0.846. The first-order valence-corrected chi connectivity index (χ1v) is 7.24. The highest BCUT2D eigenvalue weighted by atomic mass is 14.4. The summed E-state index contributed by atoms with van der Waals surface area (Å²) in [6.07, 6.45) is 4.10. The molecule has 0 heterocycles. The third-order valence-corrected chi connectivity index (χ3v) is 3.95. The Morgan fingerprint density at radius 3 is 2.30 bits per heavy atom. The van der Waals surface area contributed by atoms with Crippen LogP contribution in [0.15, 0.2) is 30.8 Å². The molecule has 20 heavy (non-hydrogen) atoms. The molecule has 2 atom stereocenters. The van der Waals surface area contributed by atoms with Crippen LogP contribution < -0.4 is 0 Å². The van der Waals surface area contributed by atoms with Gasteiger partial charge in [0.2, 0.25) is 0 Å². The molecule has 0 bridgehead atoms.